The van der Waals surface area contributed by atoms with Crippen molar-refractivity contribution in [2.45, 2.75) is 24.9 Å². The molecule has 5 heteroatoms. The highest BCUT2D eigenvalue weighted by atomic mass is 16.3. The average molecular weight is 220 g/mol. The molecule has 1 aliphatic rings. The summed E-state index contributed by atoms with van der Waals surface area (Å²) in [4.78, 5) is 0. The van der Waals surface area contributed by atoms with Crippen molar-refractivity contribution in [1.29, 1.82) is 0 Å². The zero-order valence-electron chi connectivity index (χ0n) is 8.76. The lowest BCUT2D eigenvalue weighted by molar-refractivity contribution is -0.208. The highest BCUT2D eigenvalue weighted by Crippen LogP contribution is 2.47. The van der Waals surface area contributed by atoms with Gasteiger partial charge in [-0.05, 0) is 18.8 Å². The molecule has 1 aliphatic carbocycles. The van der Waals surface area contributed by atoms with Crippen molar-refractivity contribution in [3.05, 3.63) is 0 Å². The summed E-state index contributed by atoms with van der Waals surface area (Å²) in [6, 6.07) is 0. The van der Waals surface area contributed by atoms with Gasteiger partial charge in [0.15, 0.2) is 0 Å². The van der Waals surface area contributed by atoms with Crippen molar-refractivity contribution in [2.75, 3.05) is 26.4 Å². The Morgan fingerprint density at radius 1 is 1.00 bits per heavy atom. The summed E-state index contributed by atoms with van der Waals surface area (Å²) < 4.78 is 0. The maximum absolute atomic E-state index is 10.2. The van der Waals surface area contributed by atoms with Gasteiger partial charge in [-0.25, -0.2) is 0 Å². The van der Waals surface area contributed by atoms with Crippen molar-refractivity contribution < 1.29 is 25.5 Å². The molecule has 5 nitrogen and oxygen atoms in total. The topological polar surface area (TPSA) is 101 Å². The third kappa shape index (κ3) is 1.79. The van der Waals surface area contributed by atoms with Gasteiger partial charge in [0.2, 0.25) is 0 Å². The van der Waals surface area contributed by atoms with Crippen LogP contribution in [0.5, 0.6) is 0 Å². The Bertz CT molecular complexity index is 204. The standard InChI is InChI=1S/C10H20O5/c11-4-8-2-1-3-10(15,7-14)9(8,5-12)6-13/h8,11-15H,1-7H2. The van der Waals surface area contributed by atoms with Crippen LogP contribution in [0.15, 0.2) is 0 Å². The molecule has 0 radical (unpaired) electrons. The van der Waals surface area contributed by atoms with Gasteiger partial charge in [0.1, 0.15) is 0 Å². The second-order valence-electron chi connectivity index (χ2n) is 4.43. The largest absolute Gasteiger partial charge is 0.396 e. The molecule has 2 unspecified atom stereocenters. The Balaban J connectivity index is 3.05. The molecule has 0 aromatic heterocycles. The summed E-state index contributed by atoms with van der Waals surface area (Å²) in [6.07, 6.45) is 1.64. The minimum atomic E-state index is -1.50. The Kier molecular flexibility index (Phi) is 4.08. The number of aliphatic hydroxyl groups is 5. The van der Waals surface area contributed by atoms with Crippen LogP contribution in [-0.4, -0.2) is 57.6 Å². The van der Waals surface area contributed by atoms with E-state index in [4.69, 9.17) is 0 Å². The van der Waals surface area contributed by atoms with E-state index in [2.05, 4.69) is 0 Å². The van der Waals surface area contributed by atoms with E-state index in [-0.39, 0.29) is 12.5 Å². The third-order valence-corrected chi connectivity index (χ3v) is 3.90. The fourth-order valence-electron chi connectivity index (χ4n) is 2.65. The Morgan fingerprint density at radius 3 is 2.00 bits per heavy atom. The van der Waals surface area contributed by atoms with Gasteiger partial charge in [-0.3, -0.25) is 0 Å². The van der Waals surface area contributed by atoms with Crippen LogP contribution in [0.2, 0.25) is 0 Å². The van der Waals surface area contributed by atoms with Gasteiger partial charge in [-0.15, -0.1) is 0 Å². The van der Waals surface area contributed by atoms with Gasteiger partial charge in [-0.2, -0.15) is 0 Å². The number of rotatable bonds is 4. The van der Waals surface area contributed by atoms with Crippen LogP contribution >= 0.6 is 0 Å². The normalized spacial score (nSPS) is 35.4. The second kappa shape index (κ2) is 4.76. The monoisotopic (exact) mass is 220 g/mol. The van der Waals surface area contributed by atoms with Crippen LogP contribution in [0, 0.1) is 11.3 Å². The van der Waals surface area contributed by atoms with E-state index in [9.17, 15) is 25.5 Å². The molecular formula is C10H20O5. The molecule has 1 saturated carbocycles. The van der Waals surface area contributed by atoms with Crippen LogP contribution in [-0.2, 0) is 0 Å². The minimum Gasteiger partial charge on any atom is -0.396 e. The summed E-state index contributed by atoms with van der Waals surface area (Å²) in [5, 5.41) is 47.4. The Hall–Kier alpha value is -0.200. The van der Waals surface area contributed by atoms with E-state index < -0.39 is 30.8 Å². The maximum atomic E-state index is 10.2. The number of aliphatic hydroxyl groups excluding tert-OH is 4. The van der Waals surface area contributed by atoms with Crippen molar-refractivity contribution in [2.24, 2.45) is 11.3 Å². The van der Waals surface area contributed by atoms with Gasteiger partial charge < -0.3 is 25.5 Å². The van der Waals surface area contributed by atoms with Gasteiger partial charge >= 0.3 is 0 Å². The first-order valence-electron chi connectivity index (χ1n) is 5.26. The molecule has 0 bridgehead atoms. The summed E-state index contributed by atoms with van der Waals surface area (Å²) in [5.74, 6) is -0.376. The lowest BCUT2D eigenvalue weighted by atomic mass is 9.58. The quantitative estimate of drug-likeness (QED) is 0.396. The summed E-state index contributed by atoms with van der Waals surface area (Å²) in [5.41, 5.74) is -2.70. The molecule has 0 aromatic rings. The molecule has 2 atom stereocenters. The predicted octanol–water partition coefficient (Wildman–Crippen LogP) is -1.53. The molecule has 0 spiro atoms. The minimum absolute atomic E-state index is 0.205. The van der Waals surface area contributed by atoms with Crippen LogP contribution in [0.25, 0.3) is 0 Å². The Labute approximate surface area is 89.0 Å². The lowest BCUT2D eigenvalue weighted by Crippen LogP contribution is -2.62. The number of hydrogen-bond donors (Lipinski definition) is 5. The molecule has 0 saturated heterocycles. The molecule has 1 fully saturated rings. The third-order valence-electron chi connectivity index (χ3n) is 3.90. The summed E-state index contributed by atoms with van der Waals surface area (Å²) >= 11 is 0. The van der Waals surface area contributed by atoms with Crippen LogP contribution in [0.3, 0.4) is 0 Å². The van der Waals surface area contributed by atoms with E-state index >= 15 is 0 Å². The van der Waals surface area contributed by atoms with Crippen LogP contribution < -0.4 is 0 Å². The fourth-order valence-corrected chi connectivity index (χ4v) is 2.65. The molecule has 15 heavy (non-hydrogen) atoms. The smallest absolute Gasteiger partial charge is 0.0980 e. The molecule has 1 rings (SSSR count). The molecule has 0 heterocycles. The molecule has 0 amide bonds. The van der Waals surface area contributed by atoms with Gasteiger partial charge in [0.25, 0.3) is 0 Å². The molecule has 0 aliphatic heterocycles. The zero-order valence-corrected chi connectivity index (χ0v) is 8.76. The van der Waals surface area contributed by atoms with E-state index in [0.29, 0.717) is 19.3 Å². The van der Waals surface area contributed by atoms with Crippen molar-refractivity contribution in [1.82, 2.24) is 0 Å². The van der Waals surface area contributed by atoms with Gasteiger partial charge in [0, 0.05) is 6.61 Å². The van der Waals surface area contributed by atoms with E-state index in [1.807, 2.05) is 0 Å². The Morgan fingerprint density at radius 2 is 1.60 bits per heavy atom. The predicted molar refractivity (Wildman–Crippen MR) is 53.1 cm³/mol. The first kappa shape index (κ1) is 12.9. The van der Waals surface area contributed by atoms with Crippen molar-refractivity contribution in [3.8, 4) is 0 Å². The first-order valence-corrected chi connectivity index (χ1v) is 5.26. The second-order valence-corrected chi connectivity index (χ2v) is 4.43. The van der Waals surface area contributed by atoms with E-state index in [1.54, 1.807) is 0 Å². The lowest BCUT2D eigenvalue weighted by Gasteiger charge is -2.52. The highest BCUT2D eigenvalue weighted by Gasteiger charge is 2.55. The van der Waals surface area contributed by atoms with Gasteiger partial charge in [-0.1, -0.05) is 6.42 Å². The number of hydrogen-bond acceptors (Lipinski definition) is 5. The summed E-state index contributed by atoms with van der Waals surface area (Å²) in [6.45, 7) is -1.59. The average Bonchev–Trinajstić information content (AvgIpc) is 2.28. The SMILES string of the molecule is OCC1CCCC(O)(CO)C1(CO)CO. The molecule has 5 N–H and O–H groups in total. The van der Waals surface area contributed by atoms with Crippen molar-refractivity contribution in [3.63, 3.8) is 0 Å². The molecule has 90 valence electrons. The fraction of sp³-hybridized carbons (Fsp3) is 1.00. The first-order chi connectivity index (χ1) is 7.10. The van der Waals surface area contributed by atoms with E-state index in [1.165, 1.54) is 0 Å². The van der Waals surface area contributed by atoms with Crippen molar-refractivity contribution >= 4 is 0 Å². The maximum Gasteiger partial charge on any atom is 0.0980 e. The zero-order chi connectivity index (χ0) is 11.5. The molecule has 0 aromatic carbocycles. The highest BCUT2D eigenvalue weighted by molar-refractivity contribution is 5.05. The summed E-state index contributed by atoms with van der Waals surface area (Å²) in [7, 11) is 0. The van der Waals surface area contributed by atoms with E-state index in [0.717, 1.165) is 0 Å². The van der Waals surface area contributed by atoms with Crippen LogP contribution in [0.4, 0.5) is 0 Å². The van der Waals surface area contributed by atoms with Crippen LogP contribution in [0.1, 0.15) is 19.3 Å². The van der Waals surface area contributed by atoms with Gasteiger partial charge in [0.05, 0.1) is 30.8 Å². The molecular weight excluding hydrogens is 200 g/mol.